The average molecular weight is 267 g/mol. The van der Waals surface area contributed by atoms with Crippen LogP contribution in [0.5, 0.6) is 0 Å². The Morgan fingerprint density at radius 1 is 1.33 bits per heavy atom. The highest BCUT2D eigenvalue weighted by atomic mass is 35.5. The lowest BCUT2D eigenvalue weighted by Gasteiger charge is -2.13. The van der Waals surface area contributed by atoms with E-state index in [4.69, 9.17) is 28.9 Å². The molecule has 15 heavy (non-hydrogen) atoms. The third-order valence-electron chi connectivity index (χ3n) is 2.65. The topological polar surface area (TPSA) is 26.0 Å². The fourth-order valence-electron chi connectivity index (χ4n) is 1.64. The van der Waals surface area contributed by atoms with Gasteiger partial charge < -0.3 is 5.73 Å². The van der Waals surface area contributed by atoms with E-state index in [-0.39, 0.29) is 18.4 Å². The summed E-state index contributed by atoms with van der Waals surface area (Å²) in [5, 5.41) is 1.35. The van der Waals surface area contributed by atoms with E-state index in [2.05, 4.69) is 0 Å². The van der Waals surface area contributed by atoms with Gasteiger partial charge >= 0.3 is 0 Å². The van der Waals surface area contributed by atoms with Crippen LogP contribution in [0.1, 0.15) is 30.9 Å². The molecule has 1 aliphatic rings. The fraction of sp³-hybridized carbons (Fsp3) is 0.455. The van der Waals surface area contributed by atoms with Crippen LogP contribution in [0.4, 0.5) is 0 Å². The number of nitrogens with two attached hydrogens (primary N) is 1. The Morgan fingerprint density at radius 2 is 2.00 bits per heavy atom. The molecule has 0 bridgehead atoms. The number of hydrogen-bond acceptors (Lipinski definition) is 1. The minimum atomic E-state index is 0. The Bertz CT molecular complexity index is 337. The molecule has 0 heterocycles. The molecule has 0 radical (unpaired) electrons. The van der Waals surface area contributed by atoms with Gasteiger partial charge in [-0.05, 0) is 30.0 Å². The zero-order chi connectivity index (χ0) is 10.1. The second kappa shape index (κ2) is 5.40. The van der Waals surface area contributed by atoms with Crippen molar-refractivity contribution in [2.24, 2.45) is 11.7 Å². The van der Waals surface area contributed by atoms with Crippen molar-refractivity contribution in [3.63, 3.8) is 0 Å². The highest BCUT2D eigenvalue weighted by molar-refractivity contribution is 6.35. The van der Waals surface area contributed by atoms with Gasteiger partial charge in [-0.3, -0.25) is 0 Å². The van der Waals surface area contributed by atoms with Gasteiger partial charge in [0.05, 0.1) is 0 Å². The number of rotatable bonds is 3. The van der Waals surface area contributed by atoms with Crippen LogP contribution in [0.3, 0.4) is 0 Å². The van der Waals surface area contributed by atoms with Crippen LogP contribution in [-0.2, 0) is 0 Å². The first-order chi connectivity index (χ1) is 6.66. The quantitative estimate of drug-likeness (QED) is 0.871. The Balaban J connectivity index is 0.00000112. The summed E-state index contributed by atoms with van der Waals surface area (Å²) in [5.41, 5.74) is 7.08. The summed E-state index contributed by atoms with van der Waals surface area (Å²) in [4.78, 5) is 0. The monoisotopic (exact) mass is 265 g/mol. The molecule has 1 atom stereocenters. The van der Waals surface area contributed by atoms with Crippen LogP contribution in [0.15, 0.2) is 18.2 Å². The lowest BCUT2D eigenvalue weighted by Crippen LogP contribution is -2.11. The van der Waals surface area contributed by atoms with E-state index in [1.54, 1.807) is 6.07 Å². The summed E-state index contributed by atoms with van der Waals surface area (Å²) in [6.45, 7) is 0. The van der Waals surface area contributed by atoms with E-state index in [0.717, 1.165) is 17.9 Å². The zero-order valence-electron chi connectivity index (χ0n) is 8.25. The van der Waals surface area contributed by atoms with Crippen LogP contribution < -0.4 is 5.73 Å². The van der Waals surface area contributed by atoms with Crippen molar-refractivity contribution < 1.29 is 0 Å². The van der Waals surface area contributed by atoms with E-state index < -0.39 is 0 Å². The Labute approximate surface area is 106 Å². The fourth-order valence-corrected chi connectivity index (χ4v) is 2.19. The van der Waals surface area contributed by atoms with Crippen LogP contribution in [-0.4, -0.2) is 0 Å². The highest BCUT2D eigenvalue weighted by Gasteiger charge is 2.25. The van der Waals surface area contributed by atoms with Crippen LogP contribution in [0, 0.1) is 5.92 Å². The Hall–Kier alpha value is 0.0500. The van der Waals surface area contributed by atoms with Gasteiger partial charge in [-0.1, -0.05) is 42.1 Å². The molecular weight excluding hydrogens is 252 g/mol. The summed E-state index contributed by atoms with van der Waals surface area (Å²) in [5.74, 6) is 0.816. The maximum absolute atomic E-state index is 6.06. The second-order valence-electron chi connectivity index (χ2n) is 3.95. The normalized spacial score (nSPS) is 17.0. The van der Waals surface area contributed by atoms with Crippen molar-refractivity contribution in [2.45, 2.75) is 25.3 Å². The third kappa shape index (κ3) is 3.53. The van der Waals surface area contributed by atoms with Gasteiger partial charge in [0.25, 0.3) is 0 Å². The molecule has 0 spiro atoms. The van der Waals surface area contributed by atoms with Crippen LogP contribution >= 0.6 is 35.6 Å². The summed E-state index contributed by atoms with van der Waals surface area (Å²) < 4.78 is 0. The molecule has 0 aliphatic heterocycles. The molecule has 2 rings (SSSR count). The predicted octanol–water partition coefficient (Wildman–Crippen LogP) is 4.22. The molecule has 0 unspecified atom stereocenters. The van der Waals surface area contributed by atoms with E-state index in [1.165, 1.54) is 12.8 Å². The van der Waals surface area contributed by atoms with E-state index in [9.17, 15) is 0 Å². The number of hydrogen-bond donors (Lipinski definition) is 1. The van der Waals surface area contributed by atoms with Gasteiger partial charge in [0.1, 0.15) is 0 Å². The first kappa shape index (κ1) is 13.1. The molecular formula is C11H14Cl3N. The van der Waals surface area contributed by atoms with Gasteiger partial charge in [-0.15, -0.1) is 12.4 Å². The van der Waals surface area contributed by atoms with Gasteiger partial charge in [0.15, 0.2) is 0 Å². The molecule has 0 aromatic heterocycles. The summed E-state index contributed by atoms with van der Waals surface area (Å²) in [6.07, 6.45) is 3.68. The van der Waals surface area contributed by atoms with E-state index >= 15 is 0 Å². The molecule has 0 saturated heterocycles. The molecule has 1 nitrogen and oxygen atoms in total. The largest absolute Gasteiger partial charge is 0.324 e. The van der Waals surface area contributed by atoms with Gasteiger partial charge in [0.2, 0.25) is 0 Å². The minimum Gasteiger partial charge on any atom is -0.324 e. The SMILES string of the molecule is Cl.N[C@@H](CC1CC1)c1ccc(Cl)cc1Cl. The van der Waals surface area contributed by atoms with E-state index in [1.807, 2.05) is 12.1 Å². The summed E-state index contributed by atoms with van der Waals surface area (Å²) in [7, 11) is 0. The standard InChI is InChI=1S/C11H13Cl2N.ClH/c12-8-3-4-9(10(13)6-8)11(14)5-7-1-2-7;/h3-4,6-7,11H,1-2,5,14H2;1H/t11-;/m0./s1. The maximum Gasteiger partial charge on any atom is 0.0468 e. The van der Waals surface area contributed by atoms with Gasteiger partial charge in [0, 0.05) is 16.1 Å². The second-order valence-corrected chi connectivity index (χ2v) is 4.80. The summed E-state index contributed by atoms with van der Waals surface area (Å²) >= 11 is 11.9. The number of halogens is 3. The first-order valence-corrected chi connectivity index (χ1v) is 5.63. The zero-order valence-corrected chi connectivity index (χ0v) is 10.6. The minimum absolute atomic E-state index is 0. The van der Waals surface area contributed by atoms with E-state index in [0.29, 0.717) is 10.0 Å². The smallest absolute Gasteiger partial charge is 0.0468 e. The Morgan fingerprint density at radius 3 is 2.53 bits per heavy atom. The van der Waals surface area contributed by atoms with Crippen molar-refractivity contribution in [1.29, 1.82) is 0 Å². The first-order valence-electron chi connectivity index (χ1n) is 4.87. The molecule has 1 aliphatic carbocycles. The summed E-state index contributed by atoms with van der Waals surface area (Å²) in [6, 6.07) is 5.59. The van der Waals surface area contributed by atoms with Crippen molar-refractivity contribution >= 4 is 35.6 Å². The van der Waals surface area contributed by atoms with Crippen molar-refractivity contribution in [3.8, 4) is 0 Å². The lowest BCUT2D eigenvalue weighted by atomic mass is 10.0. The molecule has 84 valence electrons. The molecule has 0 amide bonds. The Kier molecular flexibility index (Phi) is 4.72. The maximum atomic E-state index is 6.06. The highest BCUT2D eigenvalue weighted by Crippen LogP contribution is 2.38. The lowest BCUT2D eigenvalue weighted by molar-refractivity contribution is 0.597. The third-order valence-corrected chi connectivity index (χ3v) is 3.21. The predicted molar refractivity (Wildman–Crippen MR) is 68.0 cm³/mol. The van der Waals surface area contributed by atoms with Crippen molar-refractivity contribution in [3.05, 3.63) is 33.8 Å². The molecule has 1 saturated carbocycles. The van der Waals surface area contributed by atoms with Crippen molar-refractivity contribution in [2.75, 3.05) is 0 Å². The van der Waals surface area contributed by atoms with Gasteiger partial charge in [-0.2, -0.15) is 0 Å². The molecule has 1 fully saturated rings. The molecule has 1 aromatic rings. The molecule has 4 heteroatoms. The molecule has 2 N–H and O–H groups in total. The number of benzene rings is 1. The average Bonchev–Trinajstić information content (AvgIpc) is 2.87. The van der Waals surface area contributed by atoms with Crippen LogP contribution in [0.2, 0.25) is 10.0 Å². The van der Waals surface area contributed by atoms with Gasteiger partial charge in [-0.25, -0.2) is 0 Å². The van der Waals surface area contributed by atoms with Crippen molar-refractivity contribution in [1.82, 2.24) is 0 Å². The van der Waals surface area contributed by atoms with Crippen LogP contribution in [0.25, 0.3) is 0 Å². The molecule has 1 aromatic carbocycles.